The molecule has 0 saturated heterocycles. The van der Waals surface area contributed by atoms with Gasteiger partial charge in [0.1, 0.15) is 5.76 Å². The molecule has 96 valence electrons. The van der Waals surface area contributed by atoms with Crippen LogP contribution in [0.3, 0.4) is 0 Å². The highest BCUT2D eigenvalue weighted by Crippen LogP contribution is 2.44. The maximum atomic E-state index is 12.6. The van der Waals surface area contributed by atoms with Crippen molar-refractivity contribution in [3.8, 4) is 0 Å². The molecule has 0 fully saturated rings. The van der Waals surface area contributed by atoms with Crippen LogP contribution in [-0.4, -0.2) is 10.9 Å². The highest BCUT2D eigenvalue weighted by Gasteiger charge is 2.43. The summed E-state index contributed by atoms with van der Waals surface area (Å²) in [6.45, 7) is 9.72. The summed E-state index contributed by atoms with van der Waals surface area (Å²) in [6, 6.07) is 7.60. The lowest BCUT2D eigenvalue weighted by Crippen LogP contribution is -2.39. The van der Waals surface area contributed by atoms with Crippen LogP contribution in [0.2, 0.25) is 0 Å². The smallest absolute Gasteiger partial charge is 0.173 e. The number of allylic oxidation sites excluding steroid dienone is 1. The second kappa shape index (κ2) is 3.71. The zero-order valence-corrected chi connectivity index (χ0v) is 11.7. The number of ketones is 1. The Balaban J connectivity index is 2.81. The first-order valence-corrected chi connectivity index (χ1v) is 6.26. The average Bonchev–Trinajstić information content (AvgIpc) is 2.25. The highest BCUT2D eigenvalue weighted by molar-refractivity contribution is 6.11. The van der Waals surface area contributed by atoms with Crippen LogP contribution in [0.1, 0.15) is 45.7 Å². The number of aliphatic hydroxyl groups excluding tert-OH is 1. The van der Waals surface area contributed by atoms with Gasteiger partial charge in [0.2, 0.25) is 0 Å². The molecule has 0 spiro atoms. The molecule has 2 nitrogen and oxygen atoms in total. The summed E-state index contributed by atoms with van der Waals surface area (Å²) in [4.78, 5) is 12.6. The molecule has 1 aliphatic rings. The minimum absolute atomic E-state index is 0.0196. The van der Waals surface area contributed by atoms with Gasteiger partial charge in [0, 0.05) is 11.1 Å². The van der Waals surface area contributed by atoms with Gasteiger partial charge in [0.05, 0.1) is 5.41 Å². The molecule has 1 N–H and O–H groups in total. The summed E-state index contributed by atoms with van der Waals surface area (Å²) in [5.41, 5.74) is 1.29. The molecule has 0 atom stereocenters. The lowest BCUT2D eigenvalue weighted by Gasteiger charge is -2.36. The van der Waals surface area contributed by atoms with Crippen LogP contribution in [0.25, 0.3) is 5.76 Å². The van der Waals surface area contributed by atoms with Crippen LogP contribution in [0.5, 0.6) is 0 Å². The first-order chi connectivity index (χ1) is 8.17. The Bertz CT molecular complexity index is 542. The van der Waals surface area contributed by atoms with E-state index < -0.39 is 5.41 Å². The number of carbonyl (C=O) groups is 1. The standard InChI is InChI=1S/C16H20O2/c1-15(2,3)12-13(17)10-8-6-7-9-11(10)16(4,5)14(12)18/h6-9,17H,1-5H3. The van der Waals surface area contributed by atoms with Gasteiger partial charge in [-0.25, -0.2) is 0 Å². The predicted molar refractivity (Wildman–Crippen MR) is 73.5 cm³/mol. The summed E-state index contributed by atoms with van der Waals surface area (Å²) in [5, 5.41) is 10.4. The number of hydrogen-bond donors (Lipinski definition) is 1. The molecule has 1 aromatic rings. The molecule has 2 heteroatoms. The number of rotatable bonds is 0. The van der Waals surface area contributed by atoms with Gasteiger partial charge in [-0.1, -0.05) is 45.0 Å². The normalized spacial score (nSPS) is 18.8. The minimum Gasteiger partial charge on any atom is -0.507 e. The lowest BCUT2D eigenvalue weighted by molar-refractivity contribution is -0.121. The Labute approximate surface area is 108 Å². The zero-order chi connectivity index (χ0) is 13.7. The molecule has 2 rings (SSSR count). The first kappa shape index (κ1) is 12.9. The Hall–Kier alpha value is -1.57. The lowest BCUT2D eigenvalue weighted by atomic mass is 9.66. The van der Waals surface area contributed by atoms with Crippen LogP contribution in [0, 0.1) is 5.41 Å². The van der Waals surface area contributed by atoms with E-state index in [1.807, 2.05) is 58.9 Å². The summed E-state index contributed by atoms with van der Waals surface area (Å²) >= 11 is 0. The quantitative estimate of drug-likeness (QED) is 0.752. The third-order valence-electron chi connectivity index (χ3n) is 3.64. The van der Waals surface area contributed by atoms with Crippen molar-refractivity contribution in [3.63, 3.8) is 0 Å². The summed E-state index contributed by atoms with van der Waals surface area (Å²) in [7, 11) is 0. The molecule has 0 amide bonds. The van der Waals surface area contributed by atoms with Crippen LogP contribution in [0.4, 0.5) is 0 Å². The summed E-state index contributed by atoms with van der Waals surface area (Å²) in [5.74, 6) is 0.161. The van der Waals surface area contributed by atoms with Gasteiger partial charge in [-0.2, -0.15) is 0 Å². The van der Waals surface area contributed by atoms with E-state index in [2.05, 4.69) is 0 Å². The van der Waals surface area contributed by atoms with Crippen molar-refractivity contribution in [3.05, 3.63) is 41.0 Å². The Kier molecular flexibility index (Phi) is 2.65. The van der Waals surface area contributed by atoms with Crippen LogP contribution in [-0.2, 0) is 10.2 Å². The van der Waals surface area contributed by atoms with Crippen LogP contribution < -0.4 is 0 Å². The predicted octanol–water partition coefficient (Wildman–Crippen LogP) is 3.86. The van der Waals surface area contributed by atoms with Crippen molar-refractivity contribution < 1.29 is 9.90 Å². The van der Waals surface area contributed by atoms with E-state index in [0.717, 1.165) is 11.1 Å². The molecule has 1 aliphatic carbocycles. The van der Waals surface area contributed by atoms with Crippen LogP contribution in [0.15, 0.2) is 29.8 Å². The SMILES string of the molecule is CC(C)(C)C1=C(O)c2ccccc2C(C)(C)C1=O. The summed E-state index contributed by atoms with van der Waals surface area (Å²) in [6.07, 6.45) is 0. The van der Waals surface area contributed by atoms with Gasteiger partial charge < -0.3 is 5.11 Å². The topological polar surface area (TPSA) is 37.3 Å². The molecular weight excluding hydrogens is 224 g/mol. The van der Waals surface area contributed by atoms with E-state index in [4.69, 9.17) is 0 Å². The molecule has 0 unspecified atom stereocenters. The maximum Gasteiger partial charge on any atom is 0.173 e. The Morgan fingerprint density at radius 3 is 2.22 bits per heavy atom. The average molecular weight is 244 g/mol. The van der Waals surface area contributed by atoms with Crippen molar-refractivity contribution in [1.82, 2.24) is 0 Å². The van der Waals surface area contributed by atoms with Gasteiger partial charge in [-0.15, -0.1) is 0 Å². The van der Waals surface area contributed by atoms with E-state index in [-0.39, 0.29) is 17.0 Å². The second-order valence-corrected chi connectivity index (χ2v) is 6.47. The third kappa shape index (κ3) is 1.67. The number of hydrogen-bond acceptors (Lipinski definition) is 2. The molecule has 0 aromatic heterocycles. The number of benzene rings is 1. The largest absolute Gasteiger partial charge is 0.507 e. The van der Waals surface area contributed by atoms with Gasteiger partial charge in [0.15, 0.2) is 5.78 Å². The monoisotopic (exact) mass is 244 g/mol. The van der Waals surface area contributed by atoms with Gasteiger partial charge in [0.25, 0.3) is 0 Å². The molecule has 18 heavy (non-hydrogen) atoms. The van der Waals surface area contributed by atoms with E-state index in [1.54, 1.807) is 0 Å². The molecule has 0 radical (unpaired) electrons. The van der Waals surface area contributed by atoms with E-state index >= 15 is 0 Å². The van der Waals surface area contributed by atoms with Gasteiger partial charge in [-0.3, -0.25) is 4.79 Å². The maximum absolute atomic E-state index is 12.6. The van der Waals surface area contributed by atoms with Crippen molar-refractivity contribution in [2.24, 2.45) is 5.41 Å². The first-order valence-electron chi connectivity index (χ1n) is 6.26. The fourth-order valence-electron chi connectivity index (χ4n) is 2.61. The van der Waals surface area contributed by atoms with E-state index in [9.17, 15) is 9.90 Å². The Morgan fingerprint density at radius 1 is 1.11 bits per heavy atom. The second-order valence-electron chi connectivity index (χ2n) is 6.47. The fourth-order valence-corrected chi connectivity index (χ4v) is 2.61. The third-order valence-corrected chi connectivity index (χ3v) is 3.64. The number of carbonyl (C=O) groups excluding carboxylic acids is 1. The van der Waals surface area contributed by atoms with Gasteiger partial charge >= 0.3 is 0 Å². The summed E-state index contributed by atoms with van der Waals surface area (Å²) < 4.78 is 0. The van der Waals surface area contributed by atoms with E-state index in [1.165, 1.54) is 0 Å². The molecule has 1 aromatic carbocycles. The van der Waals surface area contributed by atoms with Crippen molar-refractivity contribution in [2.45, 2.75) is 40.0 Å². The minimum atomic E-state index is -0.578. The molecule has 0 bridgehead atoms. The number of aliphatic hydroxyl groups is 1. The molecule has 0 aliphatic heterocycles. The van der Waals surface area contributed by atoms with Crippen LogP contribution >= 0.6 is 0 Å². The van der Waals surface area contributed by atoms with Crippen molar-refractivity contribution in [1.29, 1.82) is 0 Å². The Morgan fingerprint density at radius 2 is 1.67 bits per heavy atom. The molecule has 0 heterocycles. The van der Waals surface area contributed by atoms with E-state index in [0.29, 0.717) is 5.57 Å². The zero-order valence-electron chi connectivity index (χ0n) is 11.7. The van der Waals surface area contributed by atoms with Crippen molar-refractivity contribution >= 4 is 11.5 Å². The van der Waals surface area contributed by atoms with Crippen molar-refractivity contribution in [2.75, 3.05) is 0 Å². The fraction of sp³-hybridized carbons (Fsp3) is 0.438. The highest BCUT2D eigenvalue weighted by atomic mass is 16.3. The number of fused-ring (bicyclic) bond motifs is 1. The molecule has 0 saturated carbocycles. The number of Topliss-reactive ketones (excluding diaryl/α,β-unsaturated/α-hetero) is 1. The molecular formula is C16H20O2. The van der Waals surface area contributed by atoms with Gasteiger partial charge in [-0.05, 0) is 24.8 Å².